The molecule has 1 saturated heterocycles. The Balaban J connectivity index is 1.95. The quantitative estimate of drug-likeness (QED) is 0.698. The monoisotopic (exact) mass is 286 g/mol. The van der Waals surface area contributed by atoms with E-state index in [9.17, 15) is 8.42 Å². The van der Waals surface area contributed by atoms with Crippen LogP contribution in [0.25, 0.3) is 0 Å². The first-order valence-corrected chi connectivity index (χ1v) is 8.11. The van der Waals surface area contributed by atoms with Crippen molar-refractivity contribution in [3.05, 3.63) is 18.0 Å². The second kappa shape index (κ2) is 6.04. The number of sulfonamides is 1. The zero-order valence-corrected chi connectivity index (χ0v) is 12.0. The normalized spacial score (nSPS) is 18.8. The number of likely N-dealkylation sites (tertiary alicyclic amines) is 1. The molecule has 2 rings (SSSR count). The molecule has 0 bridgehead atoms. The van der Waals surface area contributed by atoms with Gasteiger partial charge in [-0.15, -0.1) is 0 Å². The van der Waals surface area contributed by atoms with Crippen molar-refractivity contribution in [2.45, 2.75) is 37.2 Å². The lowest BCUT2D eigenvalue weighted by Crippen LogP contribution is -2.40. The van der Waals surface area contributed by atoms with Gasteiger partial charge in [-0.05, 0) is 38.9 Å². The zero-order chi connectivity index (χ0) is 13.9. The summed E-state index contributed by atoms with van der Waals surface area (Å²) in [6, 6.07) is 1.48. The molecule has 1 aliphatic heterocycles. The Morgan fingerprint density at radius 3 is 2.74 bits per heavy atom. The van der Waals surface area contributed by atoms with Crippen LogP contribution in [0.15, 0.2) is 17.2 Å². The number of nitrogens with two attached hydrogens (primary N) is 1. The molecule has 0 amide bonds. The number of hydrogen-bond acceptors (Lipinski definition) is 4. The molecule has 1 aromatic heterocycles. The third kappa shape index (κ3) is 3.79. The summed E-state index contributed by atoms with van der Waals surface area (Å²) in [5.74, 6) is 0. The molecule has 4 N–H and O–H groups in total. The number of rotatable bonds is 6. The van der Waals surface area contributed by atoms with Gasteiger partial charge >= 0.3 is 0 Å². The molecule has 6 nitrogen and oxygen atoms in total. The fourth-order valence-corrected chi connectivity index (χ4v) is 3.67. The van der Waals surface area contributed by atoms with Crippen molar-refractivity contribution < 1.29 is 8.42 Å². The Bertz CT molecular complexity index is 506. The first-order chi connectivity index (χ1) is 9.01. The third-order valence-corrected chi connectivity index (χ3v) is 4.90. The molecule has 1 unspecified atom stereocenters. The minimum Gasteiger partial charge on any atom is -0.363 e. The van der Waals surface area contributed by atoms with Gasteiger partial charge < -0.3 is 15.6 Å². The van der Waals surface area contributed by atoms with Crippen molar-refractivity contribution in [1.29, 1.82) is 0 Å². The summed E-state index contributed by atoms with van der Waals surface area (Å²) in [5, 5.41) is 0. The highest BCUT2D eigenvalue weighted by Crippen LogP contribution is 2.12. The molecule has 0 aliphatic carbocycles. The summed E-state index contributed by atoms with van der Waals surface area (Å²) in [4.78, 5) is 5.39. The van der Waals surface area contributed by atoms with Crippen LogP contribution in [-0.4, -0.2) is 44.0 Å². The summed E-state index contributed by atoms with van der Waals surface area (Å²) < 4.78 is 27.0. The highest BCUT2D eigenvalue weighted by molar-refractivity contribution is 7.89. The molecule has 0 saturated carbocycles. The van der Waals surface area contributed by atoms with Crippen molar-refractivity contribution in [1.82, 2.24) is 14.6 Å². The van der Waals surface area contributed by atoms with Gasteiger partial charge in [-0.1, -0.05) is 0 Å². The smallest absolute Gasteiger partial charge is 0.242 e. The van der Waals surface area contributed by atoms with Gasteiger partial charge in [0.2, 0.25) is 10.0 Å². The van der Waals surface area contributed by atoms with E-state index in [-0.39, 0.29) is 10.9 Å². The van der Waals surface area contributed by atoms with Crippen molar-refractivity contribution in [3.63, 3.8) is 0 Å². The van der Waals surface area contributed by atoms with Gasteiger partial charge in [-0.2, -0.15) is 0 Å². The van der Waals surface area contributed by atoms with Gasteiger partial charge in [0.15, 0.2) is 0 Å². The van der Waals surface area contributed by atoms with Gasteiger partial charge in [-0.25, -0.2) is 13.1 Å². The first-order valence-electron chi connectivity index (χ1n) is 6.63. The van der Waals surface area contributed by atoms with E-state index in [0.717, 1.165) is 19.6 Å². The summed E-state index contributed by atoms with van der Waals surface area (Å²) in [5.41, 5.74) is 6.18. The molecule has 108 valence electrons. The average molecular weight is 286 g/mol. The molecule has 0 aromatic carbocycles. The SMILES string of the molecule is CC(CN1CCCC1)NS(=O)(=O)c1c[nH]c(CN)c1. The molecular formula is C12H22N4O2S. The minimum absolute atomic E-state index is 0.0978. The van der Waals surface area contributed by atoms with E-state index in [0.29, 0.717) is 12.2 Å². The van der Waals surface area contributed by atoms with Crippen molar-refractivity contribution >= 4 is 10.0 Å². The number of aromatic nitrogens is 1. The number of nitrogens with one attached hydrogen (secondary N) is 2. The van der Waals surface area contributed by atoms with Crippen LogP contribution in [0.3, 0.4) is 0 Å². The third-order valence-electron chi connectivity index (χ3n) is 3.33. The predicted octanol–water partition coefficient (Wildman–Crippen LogP) is 0.236. The molecule has 19 heavy (non-hydrogen) atoms. The average Bonchev–Trinajstić information content (AvgIpc) is 2.97. The summed E-state index contributed by atoms with van der Waals surface area (Å²) in [6.07, 6.45) is 3.89. The van der Waals surface area contributed by atoms with Crippen LogP contribution in [0.2, 0.25) is 0 Å². The molecule has 1 atom stereocenters. The second-order valence-corrected chi connectivity index (χ2v) is 6.81. The number of nitrogens with zero attached hydrogens (tertiary/aromatic N) is 1. The molecule has 2 heterocycles. The highest BCUT2D eigenvalue weighted by atomic mass is 32.2. The molecule has 0 spiro atoms. The topological polar surface area (TPSA) is 91.2 Å². The number of hydrogen-bond donors (Lipinski definition) is 3. The van der Waals surface area contributed by atoms with Gasteiger partial charge in [0, 0.05) is 31.0 Å². The van der Waals surface area contributed by atoms with Gasteiger partial charge in [0.05, 0.1) is 4.90 Å². The standard InChI is InChI=1S/C12H22N4O2S/c1-10(9-16-4-2-3-5-16)15-19(17,18)12-6-11(7-13)14-8-12/h6,8,10,14-15H,2-5,7,9,13H2,1H3. The number of aromatic amines is 1. The fraction of sp³-hybridized carbons (Fsp3) is 0.667. The van der Waals surface area contributed by atoms with E-state index in [1.165, 1.54) is 19.0 Å². The van der Waals surface area contributed by atoms with E-state index in [2.05, 4.69) is 14.6 Å². The summed E-state index contributed by atoms with van der Waals surface area (Å²) in [7, 11) is -3.45. The van der Waals surface area contributed by atoms with Crippen LogP contribution in [0.5, 0.6) is 0 Å². The van der Waals surface area contributed by atoms with Crippen molar-refractivity contribution in [2.75, 3.05) is 19.6 Å². The highest BCUT2D eigenvalue weighted by Gasteiger charge is 2.21. The second-order valence-electron chi connectivity index (χ2n) is 5.09. The van der Waals surface area contributed by atoms with E-state index in [1.54, 1.807) is 6.07 Å². The molecule has 1 aliphatic rings. The van der Waals surface area contributed by atoms with Crippen LogP contribution in [-0.2, 0) is 16.6 Å². The maximum Gasteiger partial charge on any atom is 0.242 e. The lowest BCUT2D eigenvalue weighted by atomic mass is 10.3. The first kappa shape index (κ1) is 14.5. The van der Waals surface area contributed by atoms with Crippen molar-refractivity contribution in [3.8, 4) is 0 Å². The summed E-state index contributed by atoms with van der Waals surface area (Å²) >= 11 is 0. The molecule has 1 aromatic rings. The molecule has 0 radical (unpaired) electrons. The van der Waals surface area contributed by atoms with E-state index < -0.39 is 10.0 Å². The Morgan fingerprint density at radius 1 is 1.47 bits per heavy atom. The van der Waals surface area contributed by atoms with E-state index in [4.69, 9.17) is 5.73 Å². The van der Waals surface area contributed by atoms with Crippen LogP contribution in [0, 0.1) is 0 Å². The lowest BCUT2D eigenvalue weighted by molar-refractivity contribution is 0.313. The van der Waals surface area contributed by atoms with Gasteiger partial charge in [0.1, 0.15) is 0 Å². The Kier molecular flexibility index (Phi) is 4.62. The molecule has 1 fully saturated rings. The molecule has 7 heteroatoms. The minimum atomic E-state index is -3.45. The van der Waals surface area contributed by atoms with Crippen LogP contribution < -0.4 is 10.5 Å². The zero-order valence-electron chi connectivity index (χ0n) is 11.2. The molecular weight excluding hydrogens is 264 g/mol. The number of H-pyrrole nitrogens is 1. The van der Waals surface area contributed by atoms with Crippen molar-refractivity contribution in [2.24, 2.45) is 5.73 Å². The van der Waals surface area contributed by atoms with Crippen LogP contribution in [0.4, 0.5) is 0 Å². The Labute approximate surface area is 114 Å². The van der Waals surface area contributed by atoms with E-state index >= 15 is 0 Å². The largest absolute Gasteiger partial charge is 0.363 e. The maximum absolute atomic E-state index is 12.2. The lowest BCUT2D eigenvalue weighted by Gasteiger charge is -2.20. The summed E-state index contributed by atoms with van der Waals surface area (Å²) in [6.45, 7) is 5.08. The fourth-order valence-electron chi connectivity index (χ4n) is 2.41. The van der Waals surface area contributed by atoms with Gasteiger partial charge in [0.25, 0.3) is 0 Å². The van der Waals surface area contributed by atoms with Crippen LogP contribution in [0.1, 0.15) is 25.5 Å². The maximum atomic E-state index is 12.2. The predicted molar refractivity (Wildman–Crippen MR) is 74.1 cm³/mol. The van der Waals surface area contributed by atoms with Crippen LogP contribution >= 0.6 is 0 Å². The van der Waals surface area contributed by atoms with Gasteiger partial charge in [-0.3, -0.25) is 0 Å². The Hall–Kier alpha value is -0.890. The van der Waals surface area contributed by atoms with E-state index in [1.807, 2.05) is 6.92 Å². The Morgan fingerprint density at radius 2 is 2.16 bits per heavy atom.